The quantitative estimate of drug-likeness (QED) is 0.748. The Morgan fingerprint density at radius 1 is 1.30 bits per heavy atom. The second kappa shape index (κ2) is 7.71. The standard InChI is InChI=1S/C23H31N3O/c1-16-11-20-21(25-22(16)24-12-19(15-27)23(3,4)5)17(2)13-26(20)14-18-9-7-6-8-10-18/h6-11,15,17,19H,12-14H2,1-5H3,(H,24,25)/t17-,19?/m1/s1. The van der Waals surface area contributed by atoms with Gasteiger partial charge in [0.2, 0.25) is 0 Å². The Hall–Kier alpha value is -2.36. The summed E-state index contributed by atoms with van der Waals surface area (Å²) in [5.41, 5.74) is 4.77. The zero-order valence-electron chi connectivity index (χ0n) is 17.1. The van der Waals surface area contributed by atoms with Crippen molar-refractivity contribution in [1.82, 2.24) is 4.98 Å². The van der Waals surface area contributed by atoms with Gasteiger partial charge in [-0.2, -0.15) is 0 Å². The summed E-state index contributed by atoms with van der Waals surface area (Å²) in [6, 6.07) is 12.8. The average molecular weight is 366 g/mol. The van der Waals surface area contributed by atoms with E-state index in [4.69, 9.17) is 4.98 Å². The average Bonchev–Trinajstić information content (AvgIpc) is 2.90. The molecule has 3 rings (SSSR count). The molecule has 0 bridgehead atoms. The minimum Gasteiger partial charge on any atom is -0.369 e. The van der Waals surface area contributed by atoms with Gasteiger partial charge in [0.15, 0.2) is 0 Å². The summed E-state index contributed by atoms with van der Waals surface area (Å²) in [7, 11) is 0. The molecule has 1 N–H and O–H groups in total. The number of nitrogens with one attached hydrogen (secondary N) is 1. The normalized spacial score (nSPS) is 17.5. The molecular weight excluding hydrogens is 334 g/mol. The molecule has 1 aromatic heterocycles. The van der Waals surface area contributed by atoms with Gasteiger partial charge < -0.3 is 15.0 Å². The molecule has 2 atom stereocenters. The lowest BCUT2D eigenvalue weighted by atomic mass is 9.82. The van der Waals surface area contributed by atoms with Gasteiger partial charge in [0.25, 0.3) is 0 Å². The zero-order valence-corrected chi connectivity index (χ0v) is 17.1. The summed E-state index contributed by atoms with van der Waals surface area (Å²) in [5.74, 6) is 1.26. The van der Waals surface area contributed by atoms with Gasteiger partial charge in [-0.3, -0.25) is 0 Å². The van der Waals surface area contributed by atoms with Gasteiger partial charge in [-0.15, -0.1) is 0 Å². The van der Waals surface area contributed by atoms with Crippen LogP contribution in [0.25, 0.3) is 0 Å². The molecule has 2 heterocycles. The maximum atomic E-state index is 11.4. The Morgan fingerprint density at radius 3 is 2.63 bits per heavy atom. The number of pyridine rings is 1. The van der Waals surface area contributed by atoms with E-state index < -0.39 is 0 Å². The Labute approximate surface area is 163 Å². The summed E-state index contributed by atoms with van der Waals surface area (Å²) in [6.07, 6.45) is 1.06. The van der Waals surface area contributed by atoms with E-state index >= 15 is 0 Å². The van der Waals surface area contributed by atoms with E-state index in [1.807, 2.05) is 0 Å². The van der Waals surface area contributed by atoms with Gasteiger partial charge in [0.05, 0.1) is 11.4 Å². The number of carbonyl (C=O) groups excluding carboxylic acids is 1. The van der Waals surface area contributed by atoms with Gasteiger partial charge in [-0.25, -0.2) is 4.98 Å². The van der Waals surface area contributed by atoms with E-state index in [2.05, 4.69) is 81.2 Å². The number of anilines is 2. The van der Waals surface area contributed by atoms with Crippen molar-refractivity contribution in [2.45, 2.75) is 47.1 Å². The third-order valence-electron chi connectivity index (χ3n) is 5.51. The number of hydrogen-bond acceptors (Lipinski definition) is 4. The summed E-state index contributed by atoms with van der Waals surface area (Å²) >= 11 is 0. The predicted octanol–water partition coefficient (Wildman–Crippen LogP) is 4.79. The number of aryl methyl sites for hydroxylation is 1. The molecule has 0 aliphatic carbocycles. The van der Waals surface area contributed by atoms with E-state index in [0.29, 0.717) is 12.5 Å². The van der Waals surface area contributed by atoms with E-state index in [1.165, 1.54) is 11.3 Å². The minimum atomic E-state index is -0.0564. The molecule has 27 heavy (non-hydrogen) atoms. The number of hydrogen-bond donors (Lipinski definition) is 1. The molecule has 0 fully saturated rings. The first-order valence-electron chi connectivity index (χ1n) is 9.79. The number of aldehydes is 1. The highest BCUT2D eigenvalue weighted by molar-refractivity contribution is 5.64. The van der Waals surface area contributed by atoms with Crippen LogP contribution in [0.4, 0.5) is 11.5 Å². The Kier molecular flexibility index (Phi) is 5.54. The Morgan fingerprint density at radius 2 is 2.00 bits per heavy atom. The van der Waals surface area contributed by atoms with Gasteiger partial charge in [0, 0.05) is 31.5 Å². The molecule has 1 unspecified atom stereocenters. The van der Waals surface area contributed by atoms with Gasteiger partial charge >= 0.3 is 0 Å². The van der Waals surface area contributed by atoms with Crippen LogP contribution in [0.3, 0.4) is 0 Å². The first-order chi connectivity index (χ1) is 12.8. The third kappa shape index (κ3) is 4.32. The van der Waals surface area contributed by atoms with Crippen LogP contribution >= 0.6 is 0 Å². The SMILES string of the molecule is Cc1cc2c(nc1NCC(C=O)C(C)(C)C)[C@H](C)CN2Cc1ccccc1. The van der Waals surface area contributed by atoms with E-state index in [0.717, 1.165) is 36.5 Å². The Bertz CT molecular complexity index is 795. The largest absolute Gasteiger partial charge is 0.369 e. The van der Waals surface area contributed by atoms with Gasteiger partial charge in [-0.1, -0.05) is 58.0 Å². The first-order valence-corrected chi connectivity index (χ1v) is 9.79. The Balaban J connectivity index is 1.79. The van der Waals surface area contributed by atoms with E-state index in [9.17, 15) is 4.79 Å². The van der Waals surface area contributed by atoms with Crippen LogP contribution in [-0.4, -0.2) is 24.4 Å². The van der Waals surface area contributed by atoms with Crippen LogP contribution in [0.5, 0.6) is 0 Å². The molecule has 1 aliphatic rings. The maximum Gasteiger partial charge on any atom is 0.129 e. The minimum absolute atomic E-state index is 0.0426. The van der Waals surface area contributed by atoms with E-state index in [1.54, 1.807) is 0 Å². The second-order valence-corrected chi connectivity index (χ2v) is 8.81. The van der Waals surface area contributed by atoms with Crippen molar-refractivity contribution in [3.8, 4) is 0 Å². The molecule has 0 saturated heterocycles. The molecule has 1 aliphatic heterocycles. The van der Waals surface area contributed by atoms with Gasteiger partial charge in [-0.05, 0) is 29.5 Å². The lowest BCUT2D eigenvalue weighted by Crippen LogP contribution is -2.29. The molecule has 1 aromatic carbocycles. The zero-order chi connectivity index (χ0) is 19.6. The predicted molar refractivity (Wildman–Crippen MR) is 112 cm³/mol. The van der Waals surface area contributed by atoms with Crippen molar-refractivity contribution in [3.63, 3.8) is 0 Å². The smallest absolute Gasteiger partial charge is 0.129 e. The molecule has 0 saturated carbocycles. The van der Waals surface area contributed by atoms with E-state index in [-0.39, 0.29) is 11.3 Å². The monoisotopic (exact) mass is 365 g/mol. The fraction of sp³-hybridized carbons (Fsp3) is 0.478. The summed E-state index contributed by atoms with van der Waals surface area (Å²) in [6.45, 7) is 13.1. The fourth-order valence-corrected chi connectivity index (χ4v) is 3.64. The van der Waals surface area contributed by atoms with Crippen LogP contribution in [0, 0.1) is 18.3 Å². The van der Waals surface area contributed by atoms with Crippen LogP contribution in [0.15, 0.2) is 36.4 Å². The highest BCUT2D eigenvalue weighted by atomic mass is 16.1. The van der Waals surface area contributed by atoms with Crippen molar-refractivity contribution in [3.05, 3.63) is 53.2 Å². The van der Waals surface area contributed by atoms with Crippen LogP contribution in [0.2, 0.25) is 0 Å². The summed E-state index contributed by atoms with van der Waals surface area (Å²) in [4.78, 5) is 18.8. The number of fused-ring (bicyclic) bond motifs is 1. The summed E-state index contributed by atoms with van der Waals surface area (Å²) in [5, 5.41) is 3.42. The molecule has 0 radical (unpaired) electrons. The molecule has 4 nitrogen and oxygen atoms in total. The third-order valence-corrected chi connectivity index (χ3v) is 5.51. The van der Waals surface area contributed by atoms with Crippen molar-refractivity contribution in [2.75, 3.05) is 23.3 Å². The van der Waals surface area contributed by atoms with Crippen molar-refractivity contribution >= 4 is 17.8 Å². The maximum absolute atomic E-state index is 11.4. The van der Waals surface area contributed by atoms with Crippen LogP contribution in [0.1, 0.15) is 50.4 Å². The first kappa shape index (κ1) is 19.4. The topological polar surface area (TPSA) is 45.2 Å². The van der Waals surface area contributed by atoms with Crippen molar-refractivity contribution < 1.29 is 4.79 Å². The number of aromatic nitrogens is 1. The lowest BCUT2D eigenvalue weighted by Gasteiger charge is -2.26. The number of carbonyl (C=O) groups is 1. The second-order valence-electron chi connectivity index (χ2n) is 8.81. The number of nitrogens with zero attached hydrogens (tertiary/aromatic N) is 2. The lowest BCUT2D eigenvalue weighted by molar-refractivity contribution is -0.113. The van der Waals surface area contributed by atoms with Crippen molar-refractivity contribution in [2.24, 2.45) is 11.3 Å². The van der Waals surface area contributed by atoms with Gasteiger partial charge in [0.1, 0.15) is 12.1 Å². The molecule has 4 heteroatoms. The summed E-state index contributed by atoms with van der Waals surface area (Å²) < 4.78 is 0. The molecule has 0 amide bonds. The highest BCUT2D eigenvalue weighted by Gasteiger charge is 2.29. The fourth-order valence-electron chi connectivity index (χ4n) is 3.64. The molecule has 0 spiro atoms. The molecule has 144 valence electrons. The number of benzene rings is 1. The van der Waals surface area contributed by atoms with Crippen LogP contribution in [-0.2, 0) is 11.3 Å². The van der Waals surface area contributed by atoms with Crippen molar-refractivity contribution in [1.29, 1.82) is 0 Å². The van der Waals surface area contributed by atoms with Crippen LogP contribution < -0.4 is 10.2 Å². The molecule has 2 aromatic rings. The highest BCUT2D eigenvalue weighted by Crippen LogP contribution is 2.38. The number of rotatable bonds is 6. The molecular formula is C23H31N3O.